The highest BCUT2D eigenvalue weighted by Gasteiger charge is 2.21. The summed E-state index contributed by atoms with van der Waals surface area (Å²) in [6.07, 6.45) is 5.46. The van der Waals surface area contributed by atoms with Gasteiger partial charge in [0.15, 0.2) is 0 Å². The molecule has 0 spiro atoms. The van der Waals surface area contributed by atoms with Crippen molar-refractivity contribution in [3.8, 4) is 5.75 Å². The van der Waals surface area contributed by atoms with Gasteiger partial charge in [0.05, 0.1) is 11.0 Å². The van der Waals surface area contributed by atoms with Gasteiger partial charge in [0, 0.05) is 6.54 Å². The highest BCUT2D eigenvalue weighted by molar-refractivity contribution is 7.10. The summed E-state index contributed by atoms with van der Waals surface area (Å²) in [5.74, 6) is 1.82. The maximum Gasteiger partial charge on any atom is 0.134 e. The van der Waals surface area contributed by atoms with E-state index >= 15 is 0 Å². The maximum atomic E-state index is 6.02. The van der Waals surface area contributed by atoms with Crippen LogP contribution in [0.5, 0.6) is 5.75 Å². The molecule has 0 bridgehead atoms. The van der Waals surface area contributed by atoms with Gasteiger partial charge in [0.25, 0.3) is 0 Å². The molecule has 1 aliphatic rings. The van der Waals surface area contributed by atoms with Crippen LogP contribution < -0.4 is 10.5 Å². The molecule has 1 fully saturated rings. The van der Waals surface area contributed by atoms with Gasteiger partial charge in [-0.1, -0.05) is 13.3 Å². The van der Waals surface area contributed by atoms with E-state index in [0.29, 0.717) is 12.6 Å². The van der Waals surface area contributed by atoms with E-state index in [1.807, 2.05) is 6.07 Å². The smallest absolute Gasteiger partial charge is 0.134 e. The molecule has 2 nitrogen and oxygen atoms in total. The molecule has 1 aliphatic carbocycles. The Morgan fingerprint density at radius 1 is 1.53 bits per heavy atom. The lowest BCUT2D eigenvalue weighted by molar-refractivity contribution is 0.128. The summed E-state index contributed by atoms with van der Waals surface area (Å²) >= 11 is 1.69. The molecule has 0 radical (unpaired) electrons. The Kier molecular flexibility index (Phi) is 3.65. The molecular weight excluding hydrogens is 206 g/mol. The maximum absolute atomic E-state index is 6.02. The van der Waals surface area contributed by atoms with Gasteiger partial charge < -0.3 is 10.5 Å². The summed E-state index contributed by atoms with van der Waals surface area (Å²) in [4.78, 5) is 1.17. The van der Waals surface area contributed by atoms with E-state index in [9.17, 15) is 0 Å². The first-order valence-corrected chi connectivity index (χ1v) is 6.60. The van der Waals surface area contributed by atoms with Gasteiger partial charge in [-0.2, -0.15) is 0 Å². The number of nitrogens with two attached hydrogens (primary N) is 1. The van der Waals surface area contributed by atoms with E-state index in [0.717, 1.165) is 11.7 Å². The van der Waals surface area contributed by atoms with Crippen LogP contribution in [-0.4, -0.2) is 6.10 Å². The van der Waals surface area contributed by atoms with Crippen LogP contribution >= 0.6 is 11.3 Å². The molecule has 0 amide bonds. The molecule has 1 heterocycles. The molecule has 3 heteroatoms. The molecule has 84 valence electrons. The minimum Gasteiger partial charge on any atom is -0.489 e. The summed E-state index contributed by atoms with van der Waals surface area (Å²) in [5.41, 5.74) is 5.66. The number of rotatable bonds is 3. The van der Waals surface area contributed by atoms with Gasteiger partial charge >= 0.3 is 0 Å². The fraction of sp³-hybridized carbons (Fsp3) is 0.667. The van der Waals surface area contributed by atoms with Gasteiger partial charge in [-0.3, -0.25) is 0 Å². The van der Waals surface area contributed by atoms with Gasteiger partial charge in [-0.05, 0) is 36.6 Å². The van der Waals surface area contributed by atoms with Crippen molar-refractivity contribution in [1.29, 1.82) is 0 Å². The summed E-state index contributed by atoms with van der Waals surface area (Å²) < 4.78 is 6.02. The Bertz CT molecular complexity index is 310. The van der Waals surface area contributed by atoms with Crippen LogP contribution in [0.15, 0.2) is 11.4 Å². The average molecular weight is 225 g/mol. The fourth-order valence-corrected chi connectivity index (χ4v) is 2.93. The third-order valence-corrected chi connectivity index (χ3v) is 4.00. The average Bonchev–Trinajstić information content (AvgIpc) is 2.65. The molecule has 15 heavy (non-hydrogen) atoms. The quantitative estimate of drug-likeness (QED) is 0.857. The van der Waals surface area contributed by atoms with E-state index < -0.39 is 0 Å². The fourth-order valence-electron chi connectivity index (χ4n) is 2.25. The number of ether oxygens (including phenoxy) is 1. The molecule has 1 aromatic heterocycles. The van der Waals surface area contributed by atoms with Gasteiger partial charge in [0.1, 0.15) is 5.75 Å². The lowest BCUT2D eigenvalue weighted by Gasteiger charge is -2.27. The second-order valence-corrected chi connectivity index (χ2v) is 5.42. The van der Waals surface area contributed by atoms with Crippen molar-refractivity contribution in [2.45, 2.75) is 45.3 Å². The Balaban J connectivity index is 1.96. The monoisotopic (exact) mass is 225 g/mol. The minimum atomic E-state index is 0.411. The van der Waals surface area contributed by atoms with Crippen LogP contribution in [0.2, 0.25) is 0 Å². The van der Waals surface area contributed by atoms with Crippen molar-refractivity contribution in [3.63, 3.8) is 0 Å². The highest BCUT2D eigenvalue weighted by atomic mass is 32.1. The van der Waals surface area contributed by atoms with Crippen molar-refractivity contribution in [3.05, 3.63) is 16.3 Å². The predicted octanol–water partition coefficient (Wildman–Crippen LogP) is 3.16. The van der Waals surface area contributed by atoms with Gasteiger partial charge in [-0.15, -0.1) is 11.3 Å². The van der Waals surface area contributed by atoms with E-state index in [-0.39, 0.29) is 0 Å². The molecule has 2 atom stereocenters. The van der Waals surface area contributed by atoms with Gasteiger partial charge in [-0.25, -0.2) is 0 Å². The lowest BCUT2D eigenvalue weighted by Crippen LogP contribution is -2.24. The van der Waals surface area contributed by atoms with E-state index in [2.05, 4.69) is 12.3 Å². The minimum absolute atomic E-state index is 0.411. The summed E-state index contributed by atoms with van der Waals surface area (Å²) in [5, 5.41) is 2.06. The molecule has 0 aromatic carbocycles. The Labute approximate surface area is 95.4 Å². The van der Waals surface area contributed by atoms with Crippen molar-refractivity contribution < 1.29 is 4.74 Å². The largest absolute Gasteiger partial charge is 0.489 e. The van der Waals surface area contributed by atoms with Crippen LogP contribution in [-0.2, 0) is 6.54 Å². The van der Waals surface area contributed by atoms with Crippen molar-refractivity contribution in [2.24, 2.45) is 11.7 Å². The zero-order valence-electron chi connectivity index (χ0n) is 9.24. The number of hydrogen-bond donors (Lipinski definition) is 1. The van der Waals surface area contributed by atoms with Crippen molar-refractivity contribution in [1.82, 2.24) is 0 Å². The van der Waals surface area contributed by atoms with Crippen LogP contribution in [0, 0.1) is 5.92 Å². The zero-order valence-corrected chi connectivity index (χ0v) is 10.1. The van der Waals surface area contributed by atoms with Crippen molar-refractivity contribution in [2.75, 3.05) is 0 Å². The van der Waals surface area contributed by atoms with Gasteiger partial charge in [0.2, 0.25) is 0 Å². The molecule has 1 saturated carbocycles. The lowest BCUT2D eigenvalue weighted by atomic mass is 9.89. The predicted molar refractivity (Wildman–Crippen MR) is 64.3 cm³/mol. The summed E-state index contributed by atoms with van der Waals surface area (Å²) in [6.45, 7) is 2.91. The first-order valence-electron chi connectivity index (χ1n) is 5.72. The molecule has 1 aromatic rings. The van der Waals surface area contributed by atoms with E-state index in [1.165, 1.54) is 30.6 Å². The highest BCUT2D eigenvalue weighted by Crippen LogP contribution is 2.31. The topological polar surface area (TPSA) is 35.2 Å². The van der Waals surface area contributed by atoms with Crippen LogP contribution in [0.25, 0.3) is 0 Å². The van der Waals surface area contributed by atoms with Crippen LogP contribution in [0.1, 0.15) is 37.5 Å². The standard InChI is InChI=1S/C12H19NOS/c1-9-3-2-4-10(7-9)14-11-5-6-15-12(11)8-13/h5-6,9-10H,2-4,7-8,13H2,1H3. The summed E-state index contributed by atoms with van der Waals surface area (Å²) in [6, 6.07) is 2.05. The normalized spacial score (nSPS) is 26.5. The Morgan fingerprint density at radius 3 is 3.13 bits per heavy atom. The van der Waals surface area contributed by atoms with E-state index in [4.69, 9.17) is 10.5 Å². The molecule has 2 unspecified atom stereocenters. The molecule has 2 N–H and O–H groups in total. The second kappa shape index (κ2) is 4.99. The van der Waals surface area contributed by atoms with Crippen LogP contribution in [0.3, 0.4) is 0 Å². The molecule has 2 rings (SSSR count). The first kappa shape index (κ1) is 11.0. The van der Waals surface area contributed by atoms with Crippen molar-refractivity contribution >= 4 is 11.3 Å². The van der Waals surface area contributed by atoms with Crippen LogP contribution in [0.4, 0.5) is 0 Å². The SMILES string of the molecule is CC1CCCC(Oc2ccsc2CN)C1. The Morgan fingerprint density at radius 2 is 2.40 bits per heavy atom. The second-order valence-electron chi connectivity index (χ2n) is 4.42. The first-order chi connectivity index (χ1) is 7.29. The molecular formula is C12H19NOS. The Hall–Kier alpha value is -0.540. The summed E-state index contributed by atoms with van der Waals surface area (Å²) in [7, 11) is 0. The zero-order chi connectivity index (χ0) is 10.7. The number of hydrogen-bond acceptors (Lipinski definition) is 3. The third kappa shape index (κ3) is 2.73. The number of thiophene rings is 1. The molecule has 0 saturated heterocycles. The van der Waals surface area contributed by atoms with E-state index in [1.54, 1.807) is 11.3 Å². The molecule has 0 aliphatic heterocycles. The third-order valence-electron chi connectivity index (χ3n) is 3.07.